The highest BCUT2D eigenvalue weighted by Gasteiger charge is 2.20. The van der Waals surface area contributed by atoms with Crippen molar-refractivity contribution in [1.82, 2.24) is 4.98 Å². The smallest absolute Gasteiger partial charge is 0.258 e. The topological polar surface area (TPSA) is 56.0 Å². The molecule has 0 unspecified atom stereocenters. The molecule has 0 atom stereocenters. The van der Waals surface area contributed by atoms with Gasteiger partial charge in [0, 0.05) is 18.2 Å². The fourth-order valence-electron chi connectivity index (χ4n) is 1.73. The Balaban J connectivity index is 2.47. The zero-order valence-corrected chi connectivity index (χ0v) is 9.48. The maximum absolute atomic E-state index is 10.9. The Hall–Kier alpha value is -2.14. The van der Waals surface area contributed by atoms with Crippen LogP contribution in [0.2, 0.25) is 0 Å². The molecule has 0 bridgehead atoms. The van der Waals surface area contributed by atoms with Crippen molar-refractivity contribution in [2.24, 2.45) is 0 Å². The van der Waals surface area contributed by atoms with Crippen LogP contribution in [-0.4, -0.2) is 9.91 Å². The Bertz CT molecular complexity index is 743. The fraction of sp³-hybridized carbons (Fsp3) is 0. The van der Waals surface area contributed by atoms with Gasteiger partial charge < -0.3 is 0 Å². The molecule has 0 fully saturated rings. The van der Waals surface area contributed by atoms with E-state index in [2.05, 4.69) is 4.98 Å². The van der Waals surface area contributed by atoms with Crippen LogP contribution in [0.3, 0.4) is 0 Å². The minimum absolute atomic E-state index is 0.0597. The summed E-state index contributed by atoms with van der Waals surface area (Å²) in [7, 11) is 0. The summed E-state index contributed by atoms with van der Waals surface area (Å²) in [6.45, 7) is 0. The highest BCUT2D eigenvalue weighted by molar-refractivity contribution is 7.24. The Morgan fingerprint density at radius 1 is 1.06 bits per heavy atom. The lowest BCUT2D eigenvalue weighted by atomic mass is 10.3. The summed E-state index contributed by atoms with van der Waals surface area (Å²) in [6.07, 6.45) is 0. The third kappa shape index (κ3) is 1.60. The van der Waals surface area contributed by atoms with Gasteiger partial charge in [-0.25, -0.2) is 4.98 Å². The number of fused-ring (bicyclic) bond motifs is 2. The quantitative estimate of drug-likeness (QED) is 0.284. The van der Waals surface area contributed by atoms with Crippen LogP contribution in [0.15, 0.2) is 42.5 Å². The standard InChI is InChI=1S/C12H7N2O2S/c15-14(16)9-5-3-7-11-12(9)13-8-4-1-2-6-10(8)17-11/h1-7H/q+1. The molecule has 0 amide bonds. The second-order valence-corrected chi connectivity index (χ2v) is 4.65. The van der Waals surface area contributed by atoms with E-state index in [0.29, 0.717) is 5.52 Å². The van der Waals surface area contributed by atoms with Crippen molar-refractivity contribution in [1.29, 1.82) is 0 Å². The summed E-state index contributed by atoms with van der Waals surface area (Å²) in [5.41, 5.74) is 1.31. The lowest BCUT2D eigenvalue weighted by molar-refractivity contribution is -0.383. The summed E-state index contributed by atoms with van der Waals surface area (Å²) in [5.74, 6) is 0. The lowest BCUT2D eigenvalue weighted by Crippen LogP contribution is -1.90. The molecule has 4 nitrogen and oxygen atoms in total. The SMILES string of the molecule is O=[N+]([O-])c1cccc2[s+]c3ccccc3nc12. The molecule has 0 spiro atoms. The third-order valence-electron chi connectivity index (χ3n) is 2.49. The summed E-state index contributed by atoms with van der Waals surface area (Å²) in [5, 5.41) is 10.9. The van der Waals surface area contributed by atoms with Crippen LogP contribution in [0.5, 0.6) is 0 Å². The molecular weight excluding hydrogens is 236 g/mol. The van der Waals surface area contributed by atoms with Crippen molar-refractivity contribution in [3.8, 4) is 0 Å². The van der Waals surface area contributed by atoms with E-state index in [9.17, 15) is 10.1 Å². The molecule has 0 saturated carbocycles. The fourth-order valence-corrected chi connectivity index (χ4v) is 2.72. The van der Waals surface area contributed by atoms with E-state index in [1.165, 1.54) is 17.4 Å². The minimum atomic E-state index is -0.392. The number of aromatic nitrogens is 1. The molecular formula is C12H7N2O2S+. The largest absolute Gasteiger partial charge is 0.300 e. The van der Waals surface area contributed by atoms with E-state index in [0.717, 1.165) is 14.9 Å². The van der Waals surface area contributed by atoms with Crippen LogP contribution in [0, 0.1) is 10.1 Å². The van der Waals surface area contributed by atoms with Gasteiger partial charge in [0.25, 0.3) is 9.40 Å². The van der Waals surface area contributed by atoms with Crippen LogP contribution in [0.25, 0.3) is 20.4 Å². The van der Waals surface area contributed by atoms with E-state index in [-0.39, 0.29) is 5.69 Å². The van der Waals surface area contributed by atoms with Crippen LogP contribution < -0.4 is 0 Å². The predicted octanol–water partition coefficient (Wildman–Crippen LogP) is 3.64. The second-order valence-electron chi connectivity index (χ2n) is 3.56. The maximum Gasteiger partial charge on any atom is 0.300 e. The molecule has 0 saturated heterocycles. The van der Waals surface area contributed by atoms with Crippen molar-refractivity contribution in [3.05, 3.63) is 52.6 Å². The van der Waals surface area contributed by atoms with E-state index in [1.54, 1.807) is 6.07 Å². The molecule has 2 aromatic carbocycles. The lowest BCUT2D eigenvalue weighted by Gasteiger charge is -1.93. The first-order chi connectivity index (χ1) is 8.25. The van der Waals surface area contributed by atoms with Gasteiger partial charge in [0.05, 0.1) is 4.92 Å². The van der Waals surface area contributed by atoms with Gasteiger partial charge in [-0.05, 0) is 12.1 Å². The Kier molecular flexibility index (Phi) is 2.19. The molecule has 0 aliphatic carbocycles. The van der Waals surface area contributed by atoms with Gasteiger partial charge in [-0.15, -0.1) is 0 Å². The summed E-state index contributed by atoms with van der Waals surface area (Å²) < 4.78 is 1.86. The minimum Gasteiger partial charge on any atom is -0.258 e. The van der Waals surface area contributed by atoms with Crippen molar-refractivity contribution in [3.63, 3.8) is 0 Å². The van der Waals surface area contributed by atoms with Gasteiger partial charge in [-0.2, -0.15) is 0 Å². The van der Waals surface area contributed by atoms with E-state index in [4.69, 9.17) is 0 Å². The molecule has 3 rings (SSSR count). The van der Waals surface area contributed by atoms with Crippen LogP contribution in [0.1, 0.15) is 0 Å². The molecule has 0 aliphatic heterocycles. The number of para-hydroxylation sites is 2. The normalized spacial score (nSPS) is 10.8. The number of non-ortho nitro benzene ring substituents is 1. The number of nitro groups is 1. The first kappa shape index (κ1) is 10.0. The summed E-state index contributed by atoms with van der Waals surface area (Å²) >= 11 is 1.52. The molecule has 82 valence electrons. The number of nitrogens with zero attached hydrogens (tertiary/aromatic N) is 2. The number of rotatable bonds is 1. The third-order valence-corrected chi connectivity index (χ3v) is 3.61. The van der Waals surface area contributed by atoms with Gasteiger partial charge in [0.15, 0.2) is 0 Å². The van der Waals surface area contributed by atoms with Crippen molar-refractivity contribution >= 4 is 37.5 Å². The molecule has 1 aromatic heterocycles. The summed E-state index contributed by atoms with van der Waals surface area (Å²) in [6, 6.07) is 12.7. The van der Waals surface area contributed by atoms with Crippen LogP contribution >= 0.6 is 11.3 Å². The Morgan fingerprint density at radius 3 is 2.65 bits per heavy atom. The molecule has 3 aromatic rings. The highest BCUT2D eigenvalue weighted by Crippen LogP contribution is 2.30. The monoisotopic (exact) mass is 243 g/mol. The highest BCUT2D eigenvalue weighted by atomic mass is 32.1. The number of benzene rings is 2. The van der Waals surface area contributed by atoms with Crippen molar-refractivity contribution < 1.29 is 4.92 Å². The average molecular weight is 243 g/mol. The zero-order valence-electron chi connectivity index (χ0n) is 8.66. The van der Waals surface area contributed by atoms with E-state index >= 15 is 0 Å². The molecule has 0 aliphatic rings. The van der Waals surface area contributed by atoms with Crippen LogP contribution in [0.4, 0.5) is 5.69 Å². The molecule has 0 radical (unpaired) electrons. The molecule has 5 heteroatoms. The average Bonchev–Trinajstić information content (AvgIpc) is 2.35. The Morgan fingerprint density at radius 2 is 1.82 bits per heavy atom. The Labute approximate surface area is 100 Å². The molecule has 0 N–H and O–H groups in total. The zero-order chi connectivity index (χ0) is 11.8. The van der Waals surface area contributed by atoms with Crippen LogP contribution in [-0.2, 0) is 0 Å². The first-order valence-electron chi connectivity index (χ1n) is 5.02. The van der Waals surface area contributed by atoms with Gasteiger partial charge in [-0.3, -0.25) is 10.1 Å². The van der Waals surface area contributed by atoms with Gasteiger partial charge in [0.2, 0.25) is 16.9 Å². The molecule has 17 heavy (non-hydrogen) atoms. The molecule has 1 heterocycles. The number of hydrogen-bond donors (Lipinski definition) is 0. The van der Waals surface area contributed by atoms with E-state index < -0.39 is 4.92 Å². The van der Waals surface area contributed by atoms with E-state index in [1.807, 2.05) is 30.3 Å². The van der Waals surface area contributed by atoms with Gasteiger partial charge in [-0.1, -0.05) is 12.1 Å². The van der Waals surface area contributed by atoms with Gasteiger partial charge in [0.1, 0.15) is 5.52 Å². The second kappa shape index (κ2) is 3.71. The van der Waals surface area contributed by atoms with Crippen molar-refractivity contribution in [2.75, 3.05) is 0 Å². The predicted molar refractivity (Wildman–Crippen MR) is 68.2 cm³/mol. The first-order valence-corrected chi connectivity index (χ1v) is 5.83. The van der Waals surface area contributed by atoms with Crippen molar-refractivity contribution in [2.45, 2.75) is 0 Å². The van der Waals surface area contributed by atoms with Gasteiger partial charge >= 0.3 is 5.69 Å². The summed E-state index contributed by atoms with van der Waals surface area (Å²) in [4.78, 5) is 14.9. The number of hydrogen-bond acceptors (Lipinski definition) is 3. The number of nitro benzene ring substituents is 1. The maximum atomic E-state index is 10.9.